The Morgan fingerprint density at radius 2 is 2.13 bits per heavy atom. The molecule has 3 heterocycles. The van der Waals surface area contributed by atoms with E-state index in [1.165, 1.54) is 34.7 Å². The third-order valence-corrected chi connectivity index (χ3v) is 8.18. The molecular formula is C24H28FN3OS. The molecule has 0 saturated carbocycles. The average Bonchev–Trinajstić information content (AvgIpc) is 2.89. The fourth-order valence-electron chi connectivity index (χ4n) is 5.54. The third kappa shape index (κ3) is 3.21. The number of benzene rings is 2. The summed E-state index contributed by atoms with van der Waals surface area (Å²) in [6, 6.07) is 12.6. The molecule has 1 N–H and O–H groups in total. The minimum Gasteiger partial charge on any atom is -0.364 e. The van der Waals surface area contributed by atoms with Crippen molar-refractivity contribution < 1.29 is 9.18 Å². The molecule has 0 unspecified atom stereocenters. The maximum Gasteiger partial charge on any atom is 0.253 e. The Morgan fingerprint density at radius 1 is 1.30 bits per heavy atom. The van der Waals surface area contributed by atoms with Gasteiger partial charge in [0.2, 0.25) is 0 Å². The molecule has 0 aromatic heterocycles. The molecule has 0 aliphatic carbocycles. The van der Waals surface area contributed by atoms with Crippen molar-refractivity contribution in [3.05, 3.63) is 59.4 Å². The summed E-state index contributed by atoms with van der Waals surface area (Å²) in [5.74, 6) is 1.26. The standard InChI is InChI=1S/C24H28FN3OS/c1-27(23(29)17-6-8-18(25)9-7-17)14-11-24-10-12-26-16-20(24)19-4-2-5-21-22(19)28(24)13-3-15-30-21/h2,4-9,20,26H,3,10-16H2,1H3/t20-,24-/m0/s1. The van der Waals surface area contributed by atoms with Crippen LogP contribution >= 0.6 is 11.8 Å². The van der Waals surface area contributed by atoms with E-state index in [-0.39, 0.29) is 17.3 Å². The lowest BCUT2D eigenvalue weighted by Gasteiger charge is -2.47. The number of anilines is 1. The number of piperidine rings is 1. The number of hydrogen-bond donors (Lipinski definition) is 1. The zero-order valence-electron chi connectivity index (χ0n) is 17.4. The van der Waals surface area contributed by atoms with Gasteiger partial charge in [0.1, 0.15) is 5.82 Å². The number of nitrogens with zero attached hydrogens (tertiary/aromatic N) is 2. The highest BCUT2D eigenvalue weighted by Crippen LogP contribution is 2.56. The zero-order chi connectivity index (χ0) is 20.7. The van der Waals surface area contributed by atoms with Crippen LogP contribution in [0.4, 0.5) is 10.1 Å². The average molecular weight is 426 g/mol. The van der Waals surface area contributed by atoms with Gasteiger partial charge in [-0.15, -0.1) is 11.8 Å². The highest BCUT2D eigenvalue weighted by Gasteiger charge is 2.53. The molecule has 2 atom stereocenters. The zero-order valence-corrected chi connectivity index (χ0v) is 18.2. The van der Waals surface area contributed by atoms with Crippen molar-refractivity contribution in [2.75, 3.05) is 43.9 Å². The van der Waals surface area contributed by atoms with Crippen LogP contribution in [0, 0.1) is 5.82 Å². The number of carbonyl (C=O) groups excluding carboxylic acids is 1. The third-order valence-electron chi connectivity index (χ3n) is 7.05. The van der Waals surface area contributed by atoms with E-state index < -0.39 is 0 Å². The summed E-state index contributed by atoms with van der Waals surface area (Å²) in [7, 11) is 1.87. The molecule has 1 saturated heterocycles. The van der Waals surface area contributed by atoms with Crippen LogP contribution in [-0.4, -0.2) is 55.3 Å². The van der Waals surface area contributed by atoms with Gasteiger partial charge in [0.05, 0.1) is 11.2 Å². The smallest absolute Gasteiger partial charge is 0.253 e. The summed E-state index contributed by atoms with van der Waals surface area (Å²) in [6.45, 7) is 3.79. The highest BCUT2D eigenvalue weighted by molar-refractivity contribution is 7.99. The van der Waals surface area contributed by atoms with Gasteiger partial charge in [0, 0.05) is 43.1 Å². The summed E-state index contributed by atoms with van der Waals surface area (Å²) >= 11 is 1.98. The molecule has 1 fully saturated rings. The molecule has 0 bridgehead atoms. The number of carbonyl (C=O) groups is 1. The van der Waals surface area contributed by atoms with Crippen molar-refractivity contribution >= 4 is 23.4 Å². The van der Waals surface area contributed by atoms with Crippen LogP contribution in [-0.2, 0) is 0 Å². The van der Waals surface area contributed by atoms with Crippen LogP contribution in [0.1, 0.15) is 41.1 Å². The number of fused-ring (bicyclic) bond motifs is 3. The quantitative estimate of drug-likeness (QED) is 0.799. The van der Waals surface area contributed by atoms with Crippen molar-refractivity contribution in [2.45, 2.75) is 35.6 Å². The Hall–Kier alpha value is -2.05. The number of thioether (sulfide) groups is 1. The van der Waals surface area contributed by atoms with Gasteiger partial charge in [0.25, 0.3) is 5.91 Å². The van der Waals surface area contributed by atoms with E-state index in [0.717, 1.165) is 38.2 Å². The Morgan fingerprint density at radius 3 is 2.97 bits per heavy atom. The summed E-state index contributed by atoms with van der Waals surface area (Å²) in [5.41, 5.74) is 3.52. The fraction of sp³-hybridized carbons (Fsp3) is 0.458. The molecule has 5 rings (SSSR count). The lowest BCUT2D eigenvalue weighted by atomic mass is 9.74. The van der Waals surface area contributed by atoms with Crippen LogP contribution in [0.25, 0.3) is 0 Å². The first kappa shape index (κ1) is 19.9. The molecule has 0 radical (unpaired) electrons. The predicted octanol–water partition coefficient (Wildman–Crippen LogP) is 4.12. The van der Waals surface area contributed by atoms with Crippen LogP contribution in [0.15, 0.2) is 47.4 Å². The lowest BCUT2D eigenvalue weighted by Crippen LogP contribution is -2.57. The van der Waals surface area contributed by atoms with Crippen molar-refractivity contribution in [3.63, 3.8) is 0 Å². The second kappa shape index (κ2) is 7.89. The van der Waals surface area contributed by atoms with E-state index in [0.29, 0.717) is 18.0 Å². The SMILES string of the molecule is CN(CC[C@@]12CCNC[C@H]1c1cccc3c1N2CCCS3)C(=O)c1ccc(F)cc1. The molecule has 3 aliphatic rings. The van der Waals surface area contributed by atoms with Gasteiger partial charge < -0.3 is 15.1 Å². The van der Waals surface area contributed by atoms with Gasteiger partial charge in [-0.05, 0) is 67.5 Å². The minimum atomic E-state index is -0.316. The molecule has 3 aliphatic heterocycles. The van der Waals surface area contributed by atoms with E-state index in [9.17, 15) is 9.18 Å². The van der Waals surface area contributed by atoms with Gasteiger partial charge >= 0.3 is 0 Å². The van der Waals surface area contributed by atoms with E-state index in [1.54, 1.807) is 17.0 Å². The molecule has 1 amide bonds. The number of para-hydroxylation sites is 1. The van der Waals surface area contributed by atoms with E-state index in [4.69, 9.17) is 0 Å². The van der Waals surface area contributed by atoms with Crippen LogP contribution in [0.3, 0.4) is 0 Å². The second-order valence-electron chi connectivity index (χ2n) is 8.64. The monoisotopic (exact) mass is 425 g/mol. The molecule has 2 aromatic carbocycles. The van der Waals surface area contributed by atoms with E-state index in [2.05, 4.69) is 28.4 Å². The highest BCUT2D eigenvalue weighted by atomic mass is 32.2. The van der Waals surface area contributed by atoms with Gasteiger partial charge in [-0.3, -0.25) is 4.79 Å². The number of amides is 1. The van der Waals surface area contributed by atoms with Crippen molar-refractivity contribution in [3.8, 4) is 0 Å². The topological polar surface area (TPSA) is 35.6 Å². The Kier molecular flexibility index (Phi) is 5.23. The first-order chi connectivity index (χ1) is 14.6. The Labute approximate surface area is 181 Å². The van der Waals surface area contributed by atoms with Gasteiger partial charge in [-0.1, -0.05) is 12.1 Å². The molecule has 4 nitrogen and oxygen atoms in total. The maximum atomic E-state index is 13.2. The first-order valence-corrected chi connectivity index (χ1v) is 11.8. The summed E-state index contributed by atoms with van der Waals surface area (Å²) < 4.78 is 13.2. The van der Waals surface area contributed by atoms with E-state index in [1.807, 2.05) is 18.8 Å². The fourth-order valence-corrected chi connectivity index (χ4v) is 6.57. The molecule has 0 spiro atoms. The van der Waals surface area contributed by atoms with Crippen LogP contribution < -0.4 is 10.2 Å². The number of rotatable bonds is 4. The van der Waals surface area contributed by atoms with Crippen molar-refractivity contribution in [2.24, 2.45) is 0 Å². The summed E-state index contributed by atoms with van der Waals surface area (Å²) in [6.07, 6.45) is 3.22. The summed E-state index contributed by atoms with van der Waals surface area (Å²) in [5, 5.41) is 3.61. The second-order valence-corrected chi connectivity index (χ2v) is 9.78. The first-order valence-electron chi connectivity index (χ1n) is 10.9. The normalized spacial score (nSPS) is 24.7. The Bertz CT molecular complexity index is 950. The largest absolute Gasteiger partial charge is 0.364 e. The van der Waals surface area contributed by atoms with Gasteiger partial charge in [-0.25, -0.2) is 4.39 Å². The molecule has 30 heavy (non-hydrogen) atoms. The number of nitrogens with one attached hydrogen (secondary N) is 1. The molecular weight excluding hydrogens is 397 g/mol. The van der Waals surface area contributed by atoms with Gasteiger partial charge in [-0.2, -0.15) is 0 Å². The van der Waals surface area contributed by atoms with Crippen LogP contribution in [0.5, 0.6) is 0 Å². The van der Waals surface area contributed by atoms with Crippen LogP contribution in [0.2, 0.25) is 0 Å². The number of halogens is 1. The van der Waals surface area contributed by atoms with Crippen molar-refractivity contribution in [1.29, 1.82) is 0 Å². The number of hydrogen-bond acceptors (Lipinski definition) is 4. The minimum absolute atomic E-state index is 0.0421. The van der Waals surface area contributed by atoms with Gasteiger partial charge in [0.15, 0.2) is 0 Å². The van der Waals surface area contributed by atoms with E-state index >= 15 is 0 Å². The Balaban J connectivity index is 1.42. The molecule has 6 heteroatoms. The molecule has 2 aromatic rings. The summed E-state index contributed by atoms with van der Waals surface area (Å²) in [4.78, 5) is 18.8. The molecule has 158 valence electrons. The van der Waals surface area contributed by atoms with Crippen molar-refractivity contribution in [1.82, 2.24) is 10.2 Å². The lowest BCUT2D eigenvalue weighted by molar-refractivity contribution is 0.0776. The predicted molar refractivity (Wildman–Crippen MR) is 120 cm³/mol. The maximum absolute atomic E-state index is 13.2.